The molecule has 1 atom stereocenters. The van der Waals surface area contributed by atoms with E-state index in [1.807, 2.05) is 12.1 Å². The zero-order valence-corrected chi connectivity index (χ0v) is 9.58. The normalized spacial score (nSPS) is 12.5. The van der Waals surface area contributed by atoms with Crippen LogP contribution in [0.3, 0.4) is 0 Å². The Morgan fingerprint density at radius 1 is 1.47 bits per heavy atom. The fraction of sp³-hybridized carbons (Fsp3) is 0.500. The molecule has 0 heterocycles. The highest BCUT2D eigenvalue weighted by Gasteiger charge is 2.07. The van der Waals surface area contributed by atoms with Crippen molar-refractivity contribution in [2.24, 2.45) is 0 Å². The van der Waals surface area contributed by atoms with Crippen LogP contribution < -0.4 is 10.1 Å². The number of para-hydroxylation sites is 1. The molecule has 0 radical (unpaired) electrons. The summed E-state index contributed by atoms with van der Waals surface area (Å²) in [6, 6.07) is 5.98. The second kappa shape index (κ2) is 5.61. The molecule has 3 nitrogen and oxygen atoms in total. The van der Waals surface area contributed by atoms with E-state index < -0.39 is 0 Å². The summed E-state index contributed by atoms with van der Waals surface area (Å²) < 4.78 is 5.04. The zero-order valence-electron chi connectivity index (χ0n) is 9.58. The predicted octanol–water partition coefficient (Wildman–Crippen LogP) is 2.29. The summed E-state index contributed by atoms with van der Waals surface area (Å²) in [5.74, 6) is 0.759. The Kier molecular flexibility index (Phi) is 4.43. The second-order valence-corrected chi connectivity index (χ2v) is 3.66. The van der Waals surface area contributed by atoms with Crippen molar-refractivity contribution in [2.45, 2.75) is 32.9 Å². The second-order valence-electron chi connectivity index (χ2n) is 3.66. The summed E-state index contributed by atoms with van der Waals surface area (Å²) in [6.07, 6.45) is 1.07. The summed E-state index contributed by atoms with van der Waals surface area (Å²) in [4.78, 5) is 0. The van der Waals surface area contributed by atoms with E-state index in [1.165, 1.54) is 0 Å². The number of hydrogen-bond acceptors (Lipinski definition) is 3. The van der Waals surface area contributed by atoms with Crippen LogP contribution in [0.1, 0.15) is 25.8 Å². The van der Waals surface area contributed by atoms with E-state index in [2.05, 4.69) is 19.2 Å². The van der Waals surface area contributed by atoms with Crippen molar-refractivity contribution in [3.8, 4) is 11.5 Å². The van der Waals surface area contributed by atoms with E-state index in [9.17, 15) is 5.11 Å². The lowest BCUT2D eigenvalue weighted by molar-refractivity contribution is 0.368. The molecule has 1 rings (SSSR count). The molecule has 1 aromatic rings. The molecule has 0 unspecified atom stereocenters. The maximum atomic E-state index is 9.81. The third-order valence-corrected chi connectivity index (χ3v) is 2.56. The van der Waals surface area contributed by atoms with Gasteiger partial charge in [0.1, 0.15) is 0 Å². The lowest BCUT2D eigenvalue weighted by Crippen LogP contribution is -2.24. The SMILES string of the molecule is CC[C@H](C)NCc1cccc(OC)c1O. The summed E-state index contributed by atoms with van der Waals surface area (Å²) in [6.45, 7) is 4.92. The number of ether oxygens (including phenoxy) is 1. The molecular weight excluding hydrogens is 190 g/mol. The first-order chi connectivity index (χ1) is 7.19. The van der Waals surface area contributed by atoms with Gasteiger partial charge in [0.2, 0.25) is 0 Å². The van der Waals surface area contributed by atoms with Gasteiger partial charge in [-0.25, -0.2) is 0 Å². The fourth-order valence-corrected chi connectivity index (χ4v) is 1.30. The van der Waals surface area contributed by atoms with Crippen LogP contribution in [0, 0.1) is 0 Å². The quantitative estimate of drug-likeness (QED) is 0.781. The Hall–Kier alpha value is -1.22. The van der Waals surface area contributed by atoms with Gasteiger partial charge in [-0.05, 0) is 19.4 Å². The Balaban J connectivity index is 2.68. The average Bonchev–Trinajstić information content (AvgIpc) is 2.27. The van der Waals surface area contributed by atoms with Crippen molar-refractivity contribution in [3.63, 3.8) is 0 Å². The van der Waals surface area contributed by atoms with Crippen LogP contribution >= 0.6 is 0 Å². The molecule has 84 valence electrons. The van der Waals surface area contributed by atoms with Crippen molar-refractivity contribution in [3.05, 3.63) is 23.8 Å². The number of rotatable bonds is 5. The maximum Gasteiger partial charge on any atom is 0.162 e. The smallest absolute Gasteiger partial charge is 0.162 e. The van der Waals surface area contributed by atoms with Crippen molar-refractivity contribution < 1.29 is 9.84 Å². The van der Waals surface area contributed by atoms with Crippen LogP contribution in [0.15, 0.2) is 18.2 Å². The van der Waals surface area contributed by atoms with Gasteiger partial charge in [0.15, 0.2) is 11.5 Å². The van der Waals surface area contributed by atoms with Gasteiger partial charge in [0.05, 0.1) is 7.11 Å². The van der Waals surface area contributed by atoms with Crippen LogP contribution in [0.4, 0.5) is 0 Å². The van der Waals surface area contributed by atoms with E-state index in [-0.39, 0.29) is 5.75 Å². The molecule has 0 aliphatic carbocycles. The first-order valence-electron chi connectivity index (χ1n) is 5.27. The molecule has 0 aliphatic heterocycles. The molecule has 0 amide bonds. The minimum Gasteiger partial charge on any atom is -0.504 e. The number of phenolic OH excluding ortho intramolecular Hbond substituents is 1. The molecule has 0 aliphatic rings. The Morgan fingerprint density at radius 2 is 2.20 bits per heavy atom. The number of nitrogens with one attached hydrogen (secondary N) is 1. The Bertz CT molecular complexity index is 312. The van der Waals surface area contributed by atoms with Gasteiger partial charge >= 0.3 is 0 Å². The first-order valence-corrected chi connectivity index (χ1v) is 5.27. The van der Waals surface area contributed by atoms with E-state index in [0.29, 0.717) is 18.3 Å². The summed E-state index contributed by atoms with van der Waals surface area (Å²) in [7, 11) is 1.56. The largest absolute Gasteiger partial charge is 0.504 e. The Labute approximate surface area is 91.1 Å². The third-order valence-electron chi connectivity index (χ3n) is 2.56. The van der Waals surface area contributed by atoms with E-state index in [4.69, 9.17) is 4.74 Å². The highest BCUT2D eigenvalue weighted by Crippen LogP contribution is 2.29. The van der Waals surface area contributed by atoms with Gasteiger partial charge in [0.25, 0.3) is 0 Å². The predicted molar refractivity (Wildman–Crippen MR) is 61.3 cm³/mol. The number of methoxy groups -OCH3 is 1. The summed E-state index contributed by atoms with van der Waals surface area (Å²) >= 11 is 0. The minimum atomic E-state index is 0.232. The highest BCUT2D eigenvalue weighted by molar-refractivity contribution is 5.45. The third kappa shape index (κ3) is 3.13. The van der Waals surface area contributed by atoms with Crippen molar-refractivity contribution in [1.29, 1.82) is 0 Å². The molecule has 2 N–H and O–H groups in total. The number of aromatic hydroxyl groups is 1. The number of hydrogen-bond donors (Lipinski definition) is 2. The van der Waals surface area contributed by atoms with Crippen LogP contribution in [-0.2, 0) is 6.54 Å². The topological polar surface area (TPSA) is 41.5 Å². The molecule has 0 spiro atoms. The highest BCUT2D eigenvalue weighted by atomic mass is 16.5. The van der Waals surface area contributed by atoms with Gasteiger partial charge in [-0.15, -0.1) is 0 Å². The summed E-state index contributed by atoms with van der Waals surface area (Å²) in [5.41, 5.74) is 0.870. The summed E-state index contributed by atoms with van der Waals surface area (Å²) in [5, 5.41) is 13.1. The molecule has 15 heavy (non-hydrogen) atoms. The first kappa shape index (κ1) is 11.9. The zero-order chi connectivity index (χ0) is 11.3. The maximum absolute atomic E-state index is 9.81. The van der Waals surface area contributed by atoms with Gasteiger partial charge in [-0.1, -0.05) is 19.1 Å². The molecule has 1 aromatic carbocycles. The Morgan fingerprint density at radius 3 is 2.80 bits per heavy atom. The number of phenols is 1. The lowest BCUT2D eigenvalue weighted by atomic mass is 10.1. The monoisotopic (exact) mass is 209 g/mol. The van der Waals surface area contributed by atoms with Gasteiger partial charge in [-0.3, -0.25) is 0 Å². The van der Waals surface area contributed by atoms with Crippen molar-refractivity contribution in [2.75, 3.05) is 7.11 Å². The average molecular weight is 209 g/mol. The van der Waals surface area contributed by atoms with Crippen LogP contribution in [0.5, 0.6) is 11.5 Å². The van der Waals surface area contributed by atoms with Crippen molar-refractivity contribution in [1.82, 2.24) is 5.32 Å². The van der Waals surface area contributed by atoms with E-state index >= 15 is 0 Å². The van der Waals surface area contributed by atoms with Gasteiger partial charge in [-0.2, -0.15) is 0 Å². The fourth-order valence-electron chi connectivity index (χ4n) is 1.30. The molecule has 0 fully saturated rings. The molecule has 3 heteroatoms. The van der Waals surface area contributed by atoms with Gasteiger partial charge < -0.3 is 15.2 Å². The van der Waals surface area contributed by atoms with Gasteiger partial charge in [0, 0.05) is 18.2 Å². The standard InChI is InChI=1S/C12H19NO2/c1-4-9(2)13-8-10-6-5-7-11(15-3)12(10)14/h5-7,9,13-14H,4,8H2,1-3H3/t9-/m0/s1. The van der Waals surface area contributed by atoms with Crippen molar-refractivity contribution >= 4 is 0 Å². The molecule has 0 aromatic heterocycles. The van der Waals surface area contributed by atoms with E-state index in [0.717, 1.165) is 12.0 Å². The van der Waals surface area contributed by atoms with E-state index in [1.54, 1.807) is 13.2 Å². The minimum absolute atomic E-state index is 0.232. The number of benzene rings is 1. The molecule has 0 saturated heterocycles. The van der Waals surface area contributed by atoms with Crippen LogP contribution in [0.2, 0.25) is 0 Å². The molecule has 0 saturated carbocycles. The molecule has 0 bridgehead atoms. The van der Waals surface area contributed by atoms with Crippen LogP contribution in [-0.4, -0.2) is 18.3 Å². The lowest BCUT2D eigenvalue weighted by Gasteiger charge is -2.13. The van der Waals surface area contributed by atoms with Crippen LogP contribution in [0.25, 0.3) is 0 Å². The molecular formula is C12H19NO2.